The standard InChI is InChI=1S/C27H31IO/c1-2-3-7-20-26(21-22-28)29-27(23-14-8-4-9-15-23,24-16-10-5-11-17-24)25-18-12-6-13-19-25/h4-6,8-19,26H,2-3,7,20-22H2,1H3. The zero-order chi connectivity index (χ0) is 20.4. The summed E-state index contributed by atoms with van der Waals surface area (Å²) in [6.07, 6.45) is 6.10. The van der Waals surface area contributed by atoms with Gasteiger partial charge in [0, 0.05) is 4.43 Å². The van der Waals surface area contributed by atoms with Gasteiger partial charge in [-0.25, -0.2) is 0 Å². The molecule has 0 aliphatic heterocycles. The van der Waals surface area contributed by atoms with Gasteiger partial charge in [0.15, 0.2) is 0 Å². The lowest BCUT2D eigenvalue weighted by Crippen LogP contribution is -2.37. The van der Waals surface area contributed by atoms with E-state index in [4.69, 9.17) is 4.74 Å². The largest absolute Gasteiger partial charge is 0.358 e. The third-order valence-electron chi connectivity index (χ3n) is 5.45. The fraction of sp³-hybridized carbons (Fsp3) is 0.333. The fourth-order valence-corrected chi connectivity index (χ4v) is 4.67. The smallest absolute Gasteiger partial charge is 0.144 e. The quantitative estimate of drug-likeness (QED) is 0.114. The van der Waals surface area contributed by atoms with Gasteiger partial charge in [-0.3, -0.25) is 0 Å². The number of benzene rings is 3. The Bertz CT molecular complexity index is 720. The van der Waals surface area contributed by atoms with Crippen LogP contribution >= 0.6 is 22.6 Å². The van der Waals surface area contributed by atoms with Gasteiger partial charge in [-0.15, -0.1) is 0 Å². The van der Waals surface area contributed by atoms with Crippen LogP contribution in [0.2, 0.25) is 0 Å². The Morgan fingerprint density at radius 2 is 1.14 bits per heavy atom. The minimum absolute atomic E-state index is 0.221. The molecule has 2 heteroatoms. The molecule has 3 aromatic carbocycles. The van der Waals surface area contributed by atoms with E-state index in [2.05, 4.69) is 121 Å². The van der Waals surface area contributed by atoms with Crippen LogP contribution in [-0.4, -0.2) is 10.5 Å². The fourth-order valence-electron chi connectivity index (χ4n) is 3.98. The Morgan fingerprint density at radius 3 is 1.52 bits per heavy atom. The first kappa shape index (κ1) is 22.0. The number of rotatable bonds is 11. The average molecular weight is 498 g/mol. The molecule has 0 bridgehead atoms. The molecule has 0 saturated carbocycles. The summed E-state index contributed by atoms with van der Waals surface area (Å²) in [6.45, 7) is 2.26. The molecule has 0 heterocycles. The highest BCUT2D eigenvalue weighted by molar-refractivity contribution is 14.1. The van der Waals surface area contributed by atoms with E-state index in [1.54, 1.807) is 0 Å². The number of ether oxygens (including phenoxy) is 1. The second kappa shape index (κ2) is 11.5. The maximum atomic E-state index is 7.18. The zero-order valence-corrected chi connectivity index (χ0v) is 19.4. The number of alkyl halides is 1. The summed E-state index contributed by atoms with van der Waals surface area (Å²) < 4.78 is 8.28. The lowest BCUT2D eigenvalue weighted by Gasteiger charge is -2.39. The van der Waals surface area contributed by atoms with Crippen LogP contribution in [-0.2, 0) is 10.3 Å². The van der Waals surface area contributed by atoms with E-state index in [9.17, 15) is 0 Å². The third-order valence-corrected chi connectivity index (χ3v) is 6.07. The molecule has 0 N–H and O–H groups in total. The van der Waals surface area contributed by atoms with Gasteiger partial charge in [0.1, 0.15) is 5.60 Å². The van der Waals surface area contributed by atoms with Crippen LogP contribution in [0.1, 0.15) is 55.7 Å². The molecule has 0 aromatic heterocycles. The number of hydrogen-bond acceptors (Lipinski definition) is 1. The van der Waals surface area contributed by atoms with Gasteiger partial charge in [0.05, 0.1) is 6.10 Å². The minimum atomic E-state index is -0.605. The molecule has 1 unspecified atom stereocenters. The van der Waals surface area contributed by atoms with Gasteiger partial charge < -0.3 is 4.74 Å². The Balaban J connectivity index is 2.13. The molecule has 0 aliphatic rings. The second-order valence-electron chi connectivity index (χ2n) is 7.49. The number of halogens is 1. The monoisotopic (exact) mass is 498 g/mol. The van der Waals surface area contributed by atoms with E-state index in [-0.39, 0.29) is 6.10 Å². The number of hydrogen-bond donors (Lipinski definition) is 0. The van der Waals surface area contributed by atoms with Gasteiger partial charge in [-0.1, -0.05) is 140 Å². The van der Waals surface area contributed by atoms with E-state index >= 15 is 0 Å². The molecular formula is C27H31IO. The summed E-state index contributed by atoms with van der Waals surface area (Å²) in [6, 6.07) is 32.1. The van der Waals surface area contributed by atoms with Crippen LogP contribution in [0.5, 0.6) is 0 Å². The molecule has 0 aliphatic carbocycles. The first-order valence-electron chi connectivity index (χ1n) is 10.7. The van der Waals surface area contributed by atoms with Crippen LogP contribution in [0.4, 0.5) is 0 Å². The molecule has 0 spiro atoms. The topological polar surface area (TPSA) is 9.23 Å². The molecule has 152 valence electrons. The molecule has 29 heavy (non-hydrogen) atoms. The molecule has 0 radical (unpaired) electrons. The lowest BCUT2D eigenvalue weighted by atomic mass is 9.79. The van der Waals surface area contributed by atoms with Crippen molar-refractivity contribution in [3.8, 4) is 0 Å². The third kappa shape index (κ3) is 5.49. The Hall–Kier alpha value is -1.65. The van der Waals surface area contributed by atoms with Crippen LogP contribution < -0.4 is 0 Å². The Kier molecular flexibility index (Phi) is 8.75. The summed E-state index contributed by atoms with van der Waals surface area (Å²) in [5.74, 6) is 0. The maximum Gasteiger partial charge on any atom is 0.144 e. The van der Waals surface area contributed by atoms with Crippen molar-refractivity contribution in [1.82, 2.24) is 0 Å². The SMILES string of the molecule is CCCCCC(CCI)OC(c1ccccc1)(c1ccccc1)c1ccccc1. The highest BCUT2D eigenvalue weighted by Gasteiger charge is 2.39. The molecule has 1 nitrogen and oxygen atoms in total. The Labute approximate surface area is 189 Å². The summed E-state index contributed by atoms with van der Waals surface area (Å²) in [7, 11) is 0. The van der Waals surface area contributed by atoms with E-state index < -0.39 is 5.60 Å². The second-order valence-corrected chi connectivity index (χ2v) is 8.57. The van der Waals surface area contributed by atoms with Crippen molar-refractivity contribution in [2.75, 3.05) is 4.43 Å². The predicted octanol–water partition coefficient (Wildman–Crippen LogP) is 7.77. The summed E-state index contributed by atoms with van der Waals surface area (Å²) in [5.41, 5.74) is 2.95. The van der Waals surface area contributed by atoms with Crippen molar-refractivity contribution in [3.05, 3.63) is 108 Å². The first-order chi connectivity index (χ1) is 14.3. The average Bonchev–Trinajstić information content (AvgIpc) is 2.79. The van der Waals surface area contributed by atoms with Crippen LogP contribution in [0.3, 0.4) is 0 Å². The first-order valence-corrected chi connectivity index (χ1v) is 12.2. The molecule has 0 fully saturated rings. The van der Waals surface area contributed by atoms with Gasteiger partial charge >= 0.3 is 0 Å². The van der Waals surface area contributed by atoms with Gasteiger partial charge in [-0.2, -0.15) is 0 Å². The van der Waals surface area contributed by atoms with Gasteiger partial charge in [0.25, 0.3) is 0 Å². The molecule has 0 saturated heterocycles. The summed E-state index contributed by atoms with van der Waals surface area (Å²) in [5, 5.41) is 0. The molecule has 3 rings (SSSR count). The normalized spacial score (nSPS) is 12.6. The Morgan fingerprint density at radius 1 is 0.690 bits per heavy atom. The molecule has 3 aromatic rings. The zero-order valence-electron chi connectivity index (χ0n) is 17.3. The van der Waals surface area contributed by atoms with Crippen molar-refractivity contribution < 1.29 is 4.74 Å². The van der Waals surface area contributed by atoms with E-state index in [0.717, 1.165) is 17.3 Å². The van der Waals surface area contributed by atoms with E-state index in [1.807, 2.05) is 0 Å². The van der Waals surface area contributed by atoms with Crippen molar-refractivity contribution in [2.24, 2.45) is 0 Å². The van der Waals surface area contributed by atoms with Crippen molar-refractivity contribution in [2.45, 2.75) is 50.7 Å². The van der Waals surface area contributed by atoms with Gasteiger partial charge in [0.2, 0.25) is 0 Å². The van der Waals surface area contributed by atoms with E-state index in [0.29, 0.717) is 0 Å². The van der Waals surface area contributed by atoms with E-state index in [1.165, 1.54) is 36.0 Å². The van der Waals surface area contributed by atoms with Crippen LogP contribution in [0, 0.1) is 0 Å². The van der Waals surface area contributed by atoms with Crippen LogP contribution in [0.25, 0.3) is 0 Å². The van der Waals surface area contributed by atoms with Crippen molar-refractivity contribution >= 4 is 22.6 Å². The van der Waals surface area contributed by atoms with Crippen molar-refractivity contribution in [1.29, 1.82) is 0 Å². The molecule has 1 atom stereocenters. The van der Waals surface area contributed by atoms with Gasteiger partial charge in [-0.05, 0) is 29.5 Å². The van der Waals surface area contributed by atoms with Crippen LogP contribution in [0.15, 0.2) is 91.0 Å². The minimum Gasteiger partial charge on any atom is -0.358 e. The lowest BCUT2D eigenvalue weighted by molar-refractivity contribution is -0.0525. The summed E-state index contributed by atoms with van der Waals surface area (Å²) in [4.78, 5) is 0. The molecule has 0 amide bonds. The highest BCUT2D eigenvalue weighted by Crippen LogP contribution is 2.42. The number of unbranched alkanes of at least 4 members (excludes halogenated alkanes) is 2. The maximum absolute atomic E-state index is 7.18. The van der Waals surface area contributed by atoms with Crippen molar-refractivity contribution in [3.63, 3.8) is 0 Å². The predicted molar refractivity (Wildman–Crippen MR) is 132 cm³/mol. The highest BCUT2D eigenvalue weighted by atomic mass is 127. The summed E-state index contributed by atoms with van der Waals surface area (Å²) >= 11 is 2.48. The molecular weight excluding hydrogens is 467 g/mol.